The van der Waals surface area contributed by atoms with Crippen LogP contribution in [0.1, 0.15) is 20.3 Å². The fourth-order valence-electron chi connectivity index (χ4n) is 0.322. The molecule has 1 heteroatoms. The van der Waals surface area contributed by atoms with E-state index in [0.717, 1.165) is 12.1 Å². The normalized spacial score (nSPS) is 12.0. The van der Waals surface area contributed by atoms with Crippen LogP contribution in [0.25, 0.3) is 0 Å². The molecular formula is C5H11N. The minimum absolute atomic E-state index is 0.914. The van der Waals surface area contributed by atoms with E-state index in [1.165, 1.54) is 0 Å². The topological polar surface area (TPSA) is 26.0 Å². The Bertz CT molecular complexity index is 51.0. The Labute approximate surface area is 38.8 Å². The van der Waals surface area contributed by atoms with E-state index in [9.17, 15) is 0 Å². The molecule has 0 heterocycles. The molecule has 0 radical (unpaired) electrons. The van der Waals surface area contributed by atoms with Crippen molar-refractivity contribution in [1.82, 2.24) is 0 Å². The lowest BCUT2D eigenvalue weighted by molar-refractivity contribution is 1.16. The standard InChI is InChI=1S/C5H11N/c1-3-4-5(2)6/h4H,3,6H2,1-2H3/b5-4-. The summed E-state index contributed by atoms with van der Waals surface area (Å²) in [6.45, 7) is 3.96. The van der Waals surface area contributed by atoms with Gasteiger partial charge in [0, 0.05) is 5.70 Å². The molecule has 0 aromatic heterocycles. The molecule has 0 unspecified atom stereocenters. The average Bonchev–Trinajstić information content (AvgIpc) is 1.35. The van der Waals surface area contributed by atoms with Crippen molar-refractivity contribution >= 4 is 0 Å². The van der Waals surface area contributed by atoms with Gasteiger partial charge >= 0.3 is 0 Å². The molecule has 0 aliphatic carbocycles. The summed E-state index contributed by atoms with van der Waals surface area (Å²) in [5.74, 6) is 0. The highest BCUT2D eigenvalue weighted by atomic mass is 14.5. The summed E-state index contributed by atoms with van der Waals surface area (Å²) < 4.78 is 0. The van der Waals surface area contributed by atoms with E-state index in [1.54, 1.807) is 0 Å². The number of hydrogen-bond donors (Lipinski definition) is 1. The third kappa shape index (κ3) is 3.54. The maximum atomic E-state index is 5.26. The molecule has 2 N–H and O–H groups in total. The highest BCUT2D eigenvalue weighted by Gasteiger charge is 1.67. The van der Waals surface area contributed by atoms with Gasteiger partial charge in [0.2, 0.25) is 0 Å². The van der Waals surface area contributed by atoms with E-state index in [4.69, 9.17) is 5.73 Å². The van der Waals surface area contributed by atoms with Crippen LogP contribution in [0.4, 0.5) is 0 Å². The summed E-state index contributed by atoms with van der Waals surface area (Å²) in [6, 6.07) is 0. The molecule has 0 aliphatic rings. The second kappa shape index (κ2) is 2.76. The Morgan fingerprint density at radius 1 is 1.83 bits per heavy atom. The van der Waals surface area contributed by atoms with Crippen LogP contribution in [-0.4, -0.2) is 0 Å². The molecule has 0 fully saturated rings. The van der Waals surface area contributed by atoms with Gasteiger partial charge in [-0.3, -0.25) is 0 Å². The van der Waals surface area contributed by atoms with Crippen LogP contribution in [-0.2, 0) is 0 Å². The predicted octanol–water partition coefficient (Wildman–Crippen LogP) is 1.26. The van der Waals surface area contributed by atoms with Crippen molar-refractivity contribution in [3.63, 3.8) is 0 Å². The van der Waals surface area contributed by atoms with E-state index in [1.807, 2.05) is 13.0 Å². The van der Waals surface area contributed by atoms with Crippen molar-refractivity contribution in [3.05, 3.63) is 11.8 Å². The minimum atomic E-state index is 0.914. The van der Waals surface area contributed by atoms with Crippen LogP contribution >= 0.6 is 0 Å². The van der Waals surface area contributed by atoms with Crippen molar-refractivity contribution in [2.75, 3.05) is 0 Å². The fraction of sp³-hybridized carbons (Fsp3) is 0.600. The molecule has 36 valence electrons. The molecule has 0 aromatic rings. The highest BCUT2D eigenvalue weighted by molar-refractivity contribution is 4.89. The van der Waals surface area contributed by atoms with Crippen molar-refractivity contribution in [3.8, 4) is 0 Å². The summed E-state index contributed by atoms with van der Waals surface area (Å²) in [5.41, 5.74) is 6.18. The summed E-state index contributed by atoms with van der Waals surface area (Å²) >= 11 is 0. The first-order chi connectivity index (χ1) is 2.77. The van der Waals surface area contributed by atoms with Gasteiger partial charge in [0.15, 0.2) is 0 Å². The zero-order valence-electron chi connectivity index (χ0n) is 4.36. The SMILES string of the molecule is CC/C=C(/C)N. The van der Waals surface area contributed by atoms with Crippen molar-refractivity contribution in [2.24, 2.45) is 5.73 Å². The summed E-state index contributed by atoms with van der Waals surface area (Å²) in [5, 5.41) is 0. The Morgan fingerprint density at radius 3 is 2.33 bits per heavy atom. The monoisotopic (exact) mass is 85.1 g/mol. The van der Waals surface area contributed by atoms with Crippen molar-refractivity contribution in [2.45, 2.75) is 20.3 Å². The lowest BCUT2D eigenvalue weighted by Gasteiger charge is -1.81. The van der Waals surface area contributed by atoms with Gasteiger partial charge in [0.1, 0.15) is 0 Å². The van der Waals surface area contributed by atoms with Crippen LogP contribution in [0.15, 0.2) is 11.8 Å². The van der Waals surface area contributed by atoms with Crippen LogP contribution in [0.5, 0.6) is 0 Å². The Hall–Kier alpha value is -0.460. The van der Waals surface area contributed by atoms with Crippen molar-refractivity contribution in [1.29, 1.82) is 0 Å². The second-order valence-corrected chi connectivity index (χ2v) is 1.36. The van der Waals surface area contributed by atoms with Gasteiger partial charge in [-0.2, -0.15) is 0 Å². The van der Waals surface area contributed by atoms with Gasteiger partial charge in [0.05, 0.1) is 0 Å². The van der Waals surface area contributed by atoms with E-state index in [-0.39, 0.29) is 0 Å². The summed E-state index contributed by atoms with van der Waals surface area (Å²) in [4.78, 5) is 0. The molecule has 0 aliphatic heterocycles. The maximum absolute atomic E-state index is 5.26. The first-order valence-electron chi connectivity index (χ1n) is 2.19. The first kappa shape index (κ1) is 5.54. The highest BCUT2D eigenvalue weighted by Crippen LogP contribution is 1.81. The van der Waals surface area contributed by atoms with Crippen LogP contribution in [0.3, 0.4) is 0 Å². The zero-order chi connectivity index (χ0) is 4.99. The fourth-order valence-corrected chi connectivity index (χ4v) is 0.322. The molecule has 0 aromatic carbocycles. The van der Waals surface area contributed by atoms with E-state index in [2.05, 4.69) is 6.92 Å². The maximum Gasteiger partial charge on any atom is 0.000822 e. The Kier molecular flexibility index (Phi) is 2.55. The van der Waals surface area contributed by atoms with Crippen LogP contribution in [0, 0.1) is 0 Å². The van der Waals surface area contributed by atoms with E-state index >= 15 is 0 Å². The lowest BCUT2D eigenvalue weighted by Crippen LogP contribution is -1.87. The number of hydrogen-bond acceptors (Lipinski definition) is 1. The largest absolute Gasteiger partial charge is 0.403 e. The van der Waals surface area contributed by atoms with Gasteiger partial charge in [-0.25, -0.2) is 0 Å². The summed E-state index contributed by atoms with van der Waals surface area (Å²) in [6.07, 6.45) is 3.03. The Balaban J connectivity index is 3.14. The van der Waals surface area contributed by atoms with Gasteiger partial charge in [-0.15, -0.1) is 0 Å². The average molecular weight is 85.2 g/mol. The third-order valence-corrected chi connectivity index (χ3v) is 0.526. The van der Waals surface area contributed by atoms with Crippen molar-refractivity contribution < 1.29 is 0 Å². The molecule has 0 atom stereocenters. The minimum Gasteiger partial charge on any atom is -0.403 e. The summed E-state index contributed by atoms with van der Waals surface area (Å²) in [7, 11) is 0. The van der Waals surface area contributed by atoms with Gasteiger partial charge in [0.25, 0.3) is 0 Å². The van der Waals surface area contributed by atoms with E-state index < -0.39 is 0 Å². The van der Waals surface area contributed by atoms with E-state index in [0.29, 0.717) is 0 Å². The molecular weight excluding hydrogens is 74.1 g/mol. The van der Waals surface area contributed by atoms with Crippen LogP contribution in [0.2, 0.25) is 0 Å². The van der Waals surface area contributed by atoms with Gasteiger partial charge in [-0.05, 0) is 13.3 Å². The number of nitrogens with two attached hydrogens (primary N) is 1. The number of allylic oxidation sites excluding steroid dienone is 2. The smallest absolute Gasteiger partial charge is 0.000822 e. The predicted molar refractivity (Wildman–Crippen MR) is 28.2 cm³/mol. The third-order valence-electron chi connectivity index (χ3n) is 0.526. The first-order valence-corrected chi connectivity index (χ1v) is 2.19. The van der Waals surface area contributed by atoms with Crippen LogP contribution < -0.4 is 5.73 Å². The molecule has 0 saturated carbocycles. The molecule has 6 heavy (non-hydrogen) atoms. The molecule has 0 saturated heterocycles. The zero-order valence-corrected chi connectivity index (χ0v) is 4.36. The van der Waals surface area contributed by atoms with Gasteiger partial charge < -0.3 is 5.73 Å². The van der Waals surface area contributed by atoms with Gasteiger partial charge in [-0.1, -0.05) is 13.0 Å². The molecule has 0 bridgehead atoms. The molecule has 0 amide bonds. The molecule has 1 nitrogen and oxygen atoms in total. The molecule has 0 spiro atoms. The lowest BCUT2D eigenvalue weighted by atomic mass is 10.4. The Morgan fingerprint density at radius 2 is 2.33 bits per heavy atom. The second-order valence-electron chi connectivity index (χ2n) is 1.36. The molecule has 0 rings (SSSR count). The quantitative estimate of drug-likeness (QED) is 0.509. The number of rotatable bonds is 1.